The minimum absolute atomic E-state index is 0. The van der Waals surface area contributed by atoms with Gasteiger partial charge in [0.25, 0.3) is 0 Å². The Morgan fingerprint density at radius 1 is 1.20 bits per heavy atom. The largest absolute Gasteiger partial charge is 0.505 e. The molecule has 2 heterocycles. The van der Waals surface area contributed by atoms with E-state index in [0.29, 0.717) is 11.5 Å². The lowest BCUT2D eigenvalue weighted by Crippen LogP contribution is -2.51. The van der Waals surface area contributed by atoms with E-state index in [9.17, 15) is 9.50 Å². The van der Waals surface area contributed by atoms with Gasteiger partial charge in [-0.3, -0.25) is 0 Å². The van der Waals surface area contributed by atoms with Crippen molar-refractivity contribution < 1.29 is 9.50 Å². The molecule has 3 rings (SSSR count). The topological polar surface area (TPSA) is 78.0 Å². The number of hydrogen-bond donors (Lipinski definition) is 2. The van der Waals surface area contributed by atoms with Crippen LogP contribution in [-0.2, 0) is 6.54 Å². The molecule has 0 aliphatic carbocycles. The molecule has 3 N–H and O–H groups in total. The van der Waals surface area contributed by atoms with Crippen LogP contribution in [0.5, 0.6) is 5.75 Å². The van der Waals surface area contributed by atoms with Gasteiger partial charge in [0, 0.05) is 32.4 Å². The number of nitrogens with two attached hydrogens (primary N) is 1. The molecule has 0 radical (unpaired) electrons. The van der Waals surface area contributed by atoms with Gasteiger partial charge in [0.1, 0.15) is 5.82 Å². The fraction of sp³-hybridized carbons (Fsp3) is 0.294. The Morgan fingerprint density at radius 2 is 1.96 bits per heavy atom. The second-order valence-electron chi connectivity index (χ2n) is 5.62. The molecule has 1 aliphatic heterocycles. The van der Waals surface area contributed by atoms with Crippen molar-refractivity contribution in [1.82, 2.24) is 9.88 Å². The van der Waals surface area contributed by atoms with E-state index < -0.39 is 5.82 Å². The van der Waals surface area contributed by atoms with Crippen LogP contribution in [0.3, 0.4) is 0 Å². The Labute approximate surface area is 163 Å². The molecule has 0 amide bonds. The lowest BCUT2D eigenvalue weighted by Gasteiger charge is -2.35. The molecule has 8 heteroatoms. The number of hydrogen-bond acceptors (Lipinski definition) is 4. The summed E-state index contributed by atoms with van der Waals surface area (Å²) in [7, 11) is 0. The first kappa shape index (κ1) is 19.2. The smallest absolute Gasteiger partial charge is 0.191 e. The number of aromatic nitrogens is 1. The van der Waals surface area contributed by atoms with Crippen molar-refractivity contribution in [2.75, 3.05) is 31.1 Å². The summed E-state index contributed by atoms with van der Waals surface area (Å²) in [6.07, 6.45) is 1.79. The third-order valence-electron chi connectivity index (χ3n) is 4.01. The summed E-state index contributed by atoms with van der Waals surface area (Å²) < 4.78 is 13.3. The number of halogens is 2. The van der Waals surface area contributed by atoms with Crippen molar-refractivity contribution in [3.63, 3.8) is 0 Å². The lowest BCUT2D eigenvalue weighted by atomic mass is 10.2. The van der Waals surface area contributed by atoms with E-state index in [-0.39, 0.29) is 36.3 Å². The molecule has 1 aromatic carbocycles. The third kappa shape index (κ3) is 4.94. The third-order valence-corrected chi connectivity index (χ3v) is 4.01. The summed E-state index contributed by atoms with van der Waals surface area (Å²) in [6.45, 7) is 3.44. The predicted molar refractivity (Wildman–Crippen MR) is 107 cm³/mol. The summed E-state index contributed by atoms with van der Waals surface area (Å²) in [4.78, 5) is 12.9. The fourth-order valence-corrected chi connectivity index (χ4v) is 2.63. The number of benzene rings is 1. The molecular formula is C17H21FIN5O. The molecule has 1 saturated heterocycles. The fourth-order valence-electron chi connectivity index (χ4n) is 2.63. The summed E-state index contributed by atoms with van der Waals surface area (Å²) in [5, 5.41) is 9.19. The van der Waals surface area contributed by atoms with Crippen LogP contribution in [0.4, 0.5) is 10.2 Å². The molecule has 25 heavy (non-hydrogen) atoms. The van der Waals surface area contributed by atoms with Gasteiger partial charge in [0.05, 0.1) is 6.54 Å². The maximum absolute atomic E-state index is 13.3. The van der Waals surface area contributed by atoms with E-state index >= 15 is 0 Å². The number of phenols is 1. The Bertz CT molecular complexity index is 720. The average molecular weight is 457 g/mol. The molecule has 134 valence electrons. The van der Waals surface area contributed by atoms with Crippen molar-refractivity contribution >= 4 is 35.8 Å². The zero-order chi connectivity index (χ0) is 16.9. The van der Waals surface area contributed by atoms with E-state index in [1.165, 1.54) is 12.1 Å². The zero-order valence-corrected chi connectivity index (χ0v) is 16.0. The van der Waals surface area contributed by atoms with Crippen LogP contribution in [0, 0.1) is 5.82 Å². The first-order valence-corrected chi connectivity index (χ1v) is 7.82. The Kier molecular flexibility index (Phi) is 6.80. The van der Waals surface area contributed by atoms with Gasteiger partial charge in [-0.25, -0.2) is 14.4 Å². The molecule has 1 fully saturated rings. The summed E-state index contributed by atoms with van der Waals surface area (Å²) in [6, 6.07) is 10.1. The standard InChI is InChI=1S/C17H20FN5O.HI/c18-14-11-13(4-5-15(14)24)12-21-17(19)23-9-7-22(8-10-23)16-3-1-2-6-20-16;/h1-6,11,24H,7-10,12H2,(H2,19,21);1H. The molecule has 1 aromatic heterocycles. The highest BCUT2D eigenvalue weighted by atomic mass is 127. The quantitative estimate of drug-likeness (QED) is 0.420. The Hall–Kier alpha value is -2.10. The van der Waals surface area contributed by atoms with Gasteiger partial charge in [-0.2, -0.15) is 0 Å². The summed E-state index contributed by atoms with van der Waals surface area (Å²) in [5.41, 5.74) is 6.71. The van der Waals surface area contributed by atoms with Gasteiger partial charge in [-0.1, -0.05) is 12.1 Å². The van der Waals surface area contributed by atoms with Gasteiger partial charge in [0.2, 0.25) is 0 Å². The van der Waals surface area contributed by atoms with Crippen LogP contribution in [-0.4, -0.2) is 47.1 Å². The Balaban J connectivity index is 0.00000225. The van der Waals surface area contributed by atoms with Crippen LogP contribution in [0.1, 0.15) is 5.56 Å². The van der Waals surface area contributed by atoms with Gasteiger partial charge in [-0.05, 0) is 29.8 Å². The van der Waals surface area contributed by atoms with Gasteiger partial charge in [-0.15, -0.1) is 24.0 Å². The van der Waals surface area contributed by atoms with E-state index in [0.717, 1.165) is 32.0 Å². The van der Waals surface area contributed by atoms with E-state index in [2.05, 4.69) is 14.9 Å². The Morgan fingerprint density at radius 3 is 2.60 bits per heavy atom. The normalized spacial score (nSPS) is 15.0. The van der Waals surface area contributed by atoms with Crippen molar-refractivity contribution in [2.24, 2.45) is 10.7 Å². The molecule has 0 bridgehead atoms. The lowest BCUT2D eigenvalue weighted by molar-refractivity contribution is 0.379. The first-order chi connectivity index (χ1) is 11.6. The van der Waals surface area contributed by atoms with Crippen LogP contribution in [0.25, 0.3) is 0 Å². The van der Waals surface area contributed by atoms with Crippen molar-refractivity contribution in [2.45, 2.75) is 6.54 Å². The molecule has 0 spiro atoms. The molecule has 6 nitrogen and oxygen atoms in total. The molecule has 0 unspecified atom stereocenters. The molecule has 0 saturated carbocycles. The predicted octanol–water partition coefficient (Wildman–Crippen LogP) is 2.18. The van der Waals surface area contributed by atoms with Crippen LogP contribution in [0.15, 0.2) is 47.6 Å². The minimum atomic E-state index is -0.648. The van der Waals surface area contributed by atoms with Crippen molar-refractivity contribution in [3.05, 3.63) is 54.0 Å². The van der Waals surface area contributed by atoms with Crippen LogP contribution < -0.4 is 10.6 Å². The number of aromatic hydroxyl groups is 1. The maximum Gasteiger partial charge on any atom is 0.191 e. The van der Waals surface area contributed by atoms with Gasteiger partial charge >= 0.3 is 0 Å². The SMILES string of the molecule is I.NC(=NCc1ccc(O)c(F)c1)N1CCN(c2ccccn2)CC1. The molecular weight excluding hydrogens is 436 g/mol. The van der Waals surface area contributed by atoms with E-state index in [4.69, 9.17) is 5.73 Å². The van der Waals surface area contributed by atoms with Gasteiger partial charge < -0.3 is 20.6 Å². The number of pyridine rings is 1. The average Bonchev–Trinajstić information content (AvgIpc) is 2.63. The van der Waals surface area contributed by atoms with Crippen LogP contribution >= 0.6 is 24.0 Å². The maximum atomic E-state index is 13.3. The number of aliphatic imine (C=N–C) groups is 1. The molecule has 0 atom stereocenters. The highest BCUT2D eigenvalue weighted by molar-refractivity contribution is 14.0. The monoisotopic (exact) mass is 457 g/mol. The number of nitrogens with zero attached hydrogens (tertiary/aromatic N) is 4. The minimum Gasteiger partial charge on any atom is -0.505 e. The van der Waals surface area contributed by atoms with Crippen LogP contribution in [0.2, 0.25) is 0 Å². The van der Waals surface area contributed by atoms with Gasteiger partial charge in [0.15, 0.2) is 17.5 Å². The highest BCUT2D eigenvalue weighted by Gasteiger charge is 2.19. The molecule has 1 aliphatic rings. The molecule has 2 aromatic rings. The van der Waals surface area contributed by atoms with Crippen molar-refractivity contribution in [1.29, 1.82) is 0 Å². The number of piperazine rings is 1. The number of rotatable bonds is 3. The highest BCUT2D eigenvalue weighted by Crippen LogP contribution is 2.17. The summed E-state index contributed by atoms with van der Waals surface area (Å²) in [5.74, 6) is 0.406. The zero-order valence-electron chi connectivity index (χ0n) is 13.7. The second kappa shape index (κ2) is 8.84. The summed E-state index contributed by atoms with van der Waals surface area (Å²) >= 11 is 0. The second-order valence-corrected chi connectivity index (χ2v) is 5.62. The van der Waals surface area contributed by atoms with E-state index in [1.54, 1.807) is 12.3 Å². The number of guanidine groups is 1. The van der Waals surface area contributed by atoms with E-state index in [1.807, 2.05) is 23.1 Å². The number of anilines is 1. The first-order valence-electron chi connectivity index (χ1n) is 7.82. The van der Waals surface area contributed by atoms with Crippen molar-refractivity contribution in [3.8, 4) is 5.75 Å². The number of phenolic OH excluding ortho intramolecular Hbond substituents is 1.